The van der Waals surface area contributed by atoms with E-state index in [0.29, 0.717) is 11.6 Å². The van der Waals surface area contributed by atoms with E-state index in [-0.39, 0.29) is 5.91 Å². The van der Waals surface area contributed by atoms with Crippen molar-refractivity contribution in [2.75, 3.05) is 48.8 Å². The summed E-state index contributed by atoms with van der Waals surface area (Å²) in [6, 6.07) is 11.5. The maximum atomic E-state index is 11.4. The Morgan fingerprint density at radius 1 is 1.03 bits per heavy atom. The zero-order chi connectivity index (χ0) is 23.7. The smallest absolute Gasteiger partial charge is 0.227 e. The van der Waals surface area contributed by atoms with Crippen LogP contribution >= 0.6 is 11.3 Å². The summed E-state index contributed by atoms with van der Waals surface area (Å²) in [6.07, 6.45) is 1.83. The second kappa shape index (κ2) is 9.32. The van der Waals surface area contributed by atoms with Gasteiger partial charge in [0.25, 0.3) is 0 Å². The minimum Gasteiger partial charge on any atom is -0.338 e. The molecule has 0 aliphatic carbocycles. The van der Waals surface area contributed by atoms with Gasteiger partial charge >= 0.3 is 0 Å². The lowest BCUT2D eigenvalue weighted by atomic mass is 10.2. The third kappa shape index (κ3) is 4.97. The molecule has 4 heterocycles. The molecule has 174 valence electrons. The Kier molecular flexibility index (Phi) is 6.08. The number of rotatable bonds is 5. The Balaban J connectivity index is 1.38. The molecule has 10 heteroatoms. The summed E-state index contributed by atoms with van der Waals surface area (Å²) >= 11 is 1.57. The molecule has 5 rings (SSSR count). The Bertz CT molecular complexity index is 1350. The summed E-state index contributed by atoms with van der Waals surface area (Å²) in [7, 11) is 2.13. The second-order valence-electron chi connectivity index (χ2n) is 8.43. The van der Waals surface area contributed by atoms with Crippen molar-refractivity contribution in [2.24, 2.45) is 0 Å². The molecule has 1 fully saturated rings. The molecule has 4 aromatic rings. The van der Waals surface area contributed by atoms with E-state index in [2.05, 4.69) is 37.4 Å². The number of anilines is 4. The van der Waals surface area contributed by atoms with Gasteiger partial charge in [-0.05, 0) is 26.1 Å². The lowest BCUT2D eigenvalue weighted by Gasteiger charge is -2.32. The van der Waals surface area contributed by atoms with Crippen LogP contribution in [0.5, 0.6) is 0 Å². The average molecular weight is 475 g/mol. The number of benzene rings is 1. The van der Waals surface area contributed by atoms with Gasteiger partial charge in [0.15, 0.2) is 0 Å². The molecule has 9 nitrogen and oxygen atoms in total. The molecule has 34 heavy (non-hydrogen) atoms. The predicted molar refractivity (Wildman–Crippen MR) is 137 cm³/mol. The number of amides is 1. The minimum atomic E-state index is -0.0999. The predicted octanol–water partition coefficient (Wildman–Crippen LogP) is 3.91. The van der Waals surface area contributed by atoms with E-state index in [1.165, 1.54) is 6.92 Å². The van der Waals surface area contributed by atoms with Crippen molar-refractivity contribution >= 4 is 50.7 Å². The van der Waals surface area contributed by atoms with Gasteiger partial charge in [-0.15, -0.1) is 11.3 Å². The Labute approximate surface area is 201 Å². The topological polar surface area (TPSA) is 99.2 Å². The third-order valence-electron chi connectivity index (χ3n) is 5.59. The second-order valence-corrected chi connectivity index (χ2v) is 9.46. The fourth-order valence-electron chi connectivity index (χ4n) is 3.86. The fraction of sp³-hybridized carbons (Fsp3) is 0.292. The number of nitrogens with one attached hydrogen (secondary N) is 2. The van der Waals surface area contributed by atoms with Crippen LogP contribution in [0.25, 0.3) is 20.8 Å². The van der Waals surface area contributed by atoms with Gasteiger partial charge in [-0.2, -0.15) is 4.98 Å². The van der Waals surface area contributed by atoms with Crippen molar-refractivity contribution in [3.05, 3.63) is 48.3 Å². The highest BCUT2D eigenvalue weighted by Crippen LogP contribution is 2.32. The molecule has 0 unspecified atom stereocenters. The van der Waals surface area contributed by atoms with Crippen molar-refractivity contribution in [3.8, 4) is 10.6 Å². The van der Waals surface area contributed by atoms with E-state index < -0.39 is 0 Å². The van der Waals surface area contributed by atoms with Crippen LogP contribution in [0.15, 0.2) is 42.6 Å². The van der Waals surface area contributed by atoms with Crippen molar-refractivity contribution in [1.29, 1.82) is 0 Å². The van der Waals surface area contributed by atoms with Crippen LogP contribution in [0.3, 0.4) is 0 Å². The molecule has 0 spiro atoms. The van der Waals surface area contributed by atoms with Gasteiger partial charge in [0.2, 0.25) is 11.9 Å². The first-order valence-electron chi connectivity index (χ1n) is 11.1. The van der Waals surface area contributed by atoms with Crippen molar-refractivity contribution in [1.82, 2.24) is 24.8 Å². The number of nitrogens with zero attached hydrogens (tertiary/aromatic N) is 6. The highest BCUT2D eigenvalue weighted by molar-refractivity contribution is 7.21. The fourth-order valence-corrected chi connectivity index (χ4v) is 4.77. The summed E-state index contributed by atoms with van der Waals surface area (Å²) in [5.41, 5.74) is 3.46. The Hall–Kier alpha value is -3.63. The largest absolute Gasteiger partial charge is 0.338 e. The first-order chi connectivity index (χ1) is 16.4. The van der Waals surface area contributed by atoms with Crippen molar-refractivity contribution in [2.45, 2.75) is 13.8 Å². The van der Waals surface area contributed by atoms with Crippen LogP contribution < -0.4 is 15.5 Å². The zero-order valence-electron chi connectivity index (χ0n) is 19.4. The normalized spacial score (nSPS) is 14.4. The van der Waals surface area contributed by atoms with Crippen molar-refractivity contribution in [3.63, 3.8) is 0 Å². The molecule has 0 bridgehead atoms. The first kappa shape index (κ1) is 22.2. The van der Waals surface area contributed by atoms with Gasteiger partial charge in [-0.25, -0.2) is 15.0 Å². The third-order valence-corrected chi connectivity index (χ3v) is 6.64. The number of thiazole rings is 1. The summed E-state index contributed by atoms with van der Waals surface area (Å²) in [5, 5.41) is 7.01. The lowest BCUT2D eigenvalue weighted by Crippen LogP contribution is -2.45. The van der Waals surface area contributed by atoms with Crippen LogP contribution in [0.1, 0.15) is 12.6 Å². The van der Waals surface area contributed by atoms with Crippen LogP contribution in [0.2, 0.25) is 0 Å². The summed E-state index contributed by atoms with van der Waals surface area (Å²) < 4.78 is 0.988. The monoisotopic (exact) mass is 474 g/mol. The molecule has 0 saturated carbocycles. The number of likely N-dealkylation sites (N-methyl/N-ethyl adjacent to an activating group) is 1. The molecule has 1 saturated heterocycles. The summed E-state index contributed by atoms with van der Waals surface area (Å²) in [4.78, 5) is 34.7. The maximum absolute atomic E-state index is 11.4. The number of fused-ring (bicyclic) bond motifs is 1. The van der Waals surface area contributed by atoms with Gasteiger partial charge in [-0.3, -0.25) is 4.79 Å². The number of piperazine rings is 1. The molecule has 1 aliphatic rings. The van der Waals surface area contributed by atoms with Gasteiger partial charge in [0.05, 0.1) is 10.2 Å². The highest BCUT2D eigenvalue weighted by Gasteiger charge is 2.17. The number of hydrogen-bond donors (Lipinski definition) is 2. The Morgan fingerprint density at radius 2 is 1.85 bits per heavy atom. The maximum Gasteiger partial charge on any atom is 0.227 e. The van der Waals surface area contributed by atoms with Crippen LogP contribution in [-0.4, -0.2) is 64.0 Å². The molecule has 0 atom stereocenters. The van der Waals surface area contributed by atoms with E-state index in [0.717, 1.165) is 64.3 Å². The number of aromatic nitrogens is 4. The van der Waals surface area contributed by atoms with Gasteiger partial charge in [-0.1, -0.05) is 12.1 Å². The van der Waals surface area contributed by atoms with Gasteiger partial charge < -0.3 is 20.4 Å². The van der Waals surface area contributed by atoms with E-state index in [4.69, 9.17) is 9.97 Å². The zero-order valence-corrected chi connectivity index (χ0v) is 20.2. The molecule has 3 aromatic heterocycles. The summed E-state index contributed by atoms with van der Waals surface area (Å²) in [6.45, 7) is 7.29. The molecule has 1 amide bonds. The average Bonchev–Trinajstić information content (AvgIpc) is 3.22. The van der Waals surface area contributed by atoms with Crippen molar-refractivity contribution < 1.29 is 4.79 Å². The molecular weight excluding hydrogens is 448 g/mol. The van der Waals surface area contributed by atoms with Crippen LogP contribution in [0, 0.1) is 6.92 Å². The molecule has 0 radical (unpaired) electrons. The van der Waals surface area contributed by atoms with Gasteiger partial charge in [0, 0.05) is 68.4 Å². The highest BCUT2D eigenvalue weighted by atomic mass is 32.1. The quantitative estimate of drug-likeness (QED) is 0.449. The molecule has 1 aliphatic heterocycles. The van der Waals surface area contributed by atoms with E-state index >= 15 is 0 Å². The summed E-state index contributed by atoms with van der Waals surface area (Å²) in [5.74, 6) is 2.04. The molecule has 2 N–H and O–H groups in total. The molecular formula is C24H26N8OS. The molecule has 1 aromatic carbocycles. The Morgan fingerprint density at radius 3 is 2.65 bits per heavy atom. The standard InChI is InChI=1S/C24H26N8OS/c1-15-11-22(30-24(26-15)32-9-7-31(3)8-10-32)29-21-13-19-20(14-25-21)34-23(28-19)17-5-4-6-18(12-17)27-16(2)33/h4-6,11-14H,7-10H2,1-3H3,(H,27,33)(H,25,26,29,30). The number of carbonyl (C=O) groups is 1. The van der Waals surface area contributed by atoms with Crippen LogP contribution in [-0.2, 0) is 4.79 Å². The number of pyridine rings is 1. The first-order valence-corrected chi connectivity index (χ1v) is 12.0. The van der Waals surface area contributed by atoms with Crippen LogP contribution in [0.4, 0.5) is 23.3 Å². The number of aryl methyl sites for hydroxylation is 1. The number of hydrogen-bond acceptors (Lipinski definition) is 9. The SMILES string of the molecule is CC(=O)Nc1cccc(-c2nc3cc(Nc4cc(C)nc(N5CCN(C)CC5)n4)ncc3s2)c1. The lowest BCUT2D eigenvalue weighted by molar-refractivity contribution is -0.114. The van der Waals surface area contributed by atoms with E-state index in [9.17, 15) is 4.79 Å². The van der Waals surface area contributed by atoms with E-state index in [1.54, 1.807) is 11.3 Å². The van der Waals surface area contributed by atoms with E-state index in [1.807, 2.05) is 49.5 Å². The minimum absolute atomic E-state index is 0.0999. The number of carbonyl (C=O) groups excluding carboxylic acids is 1. The van der Waals surface area contributed by atoms with Gasteiger partial charge in [0.1, 0.15) is 16.6 Å².